The second-order valence-corrected chi connectivity index (χ2v) is 6.77. The minimum absolute atomic E-state index is 0.0430. The van der Waals surface area contributed by atoms with E-state index >= 15 is 0 Å². The van der Waals surface area contributed by atoms with E-state index in [1.54, 1.807) is 6.07 Å². The van der Waals surface area contributed by atoms with Gasteiger partial charge in [-0.15, -0.1) is 0 Å². The normalized spacial score (nSPS) is 12.1. The number of aromatic nitrogens is 1. The van der Waals surface area contributed by atoms with Gasteiger partial charge in [-0.2, -0.15) is 0 Å². The Bertz CT molecular complexity index is 964. The second-order valence-electron chi connectivity index (χ2n) is 6.77. The van der Waals surface area contributed by atoms with E-state index in [2.05, 4.69) is 12.1 Å². The second kappa shape index (κ2) is 7.74. The maximum Gasteiger partial charge on any atom is 0.250 e. The highest BCUT2D eigenvalue weighted by atomic mass is 19.2. The van der Waals surface area contributed by atoms with Gasteiger partial charge in [0.15, 0.2) is 11.6 Å². The Labute approximate surface area is 157 Å². The molecule has 2 aromatic carbocycles. The Kier molecular flexibility index (Phi) is 5.40. The van der Waals surface area contributed by atoms with Gasteiger partial charge in [-0.25, -0.2) is 8.78 Å². The number of nitrogens with zero attached hydrogens (tertiary/aromatic N) is 1. The highest BCUT2D eigenvalue weighted by Crippen LogP contribution is 2.31. The smallest absolute Gasteiger partial charge is 0.250 e. The molecule has 0 fully saturated rings. The quantitative estimate of drug-likeness (QED) is 0.651. The van der Waals surface area contributed by atoms with Crippen LogP contribution in [0.4, 0.5) is 8.78 Å². The van der Waals surface area contributed by atoms with Crippen LogP contribution < -0.4 is 5.73 Å². The molecular formula is C22H22F2N2O. The average molecular weight is 368 g/mol. The number of amides is 1. The first kappa shape index (κ1) is 18.8. The molecule has 3 rings (SSSR count). The summed E-state index contributed by atoms with van der Waals surface area (Å²) in [7, 11) is 0. The molecule has 0 aliphatic rings. The number of benzene rings is 2. The van der Waals surface area contributed by atoms with Gasteiger partial charge in [-0.05, 0) is 56.5 Å². The third kappa shape index (κ3) is 3.92. The summed E-state index contributed by atoms with van der Waals surface area (Å²) < 4.78 is 29.1. The molecule has 140 valence electrons. The molecule has 3 aromatic rings. The zero-order chi connectivity index (χ0) is 19.6. The van der Waals surface area contributed by atoms with E-state index in [0.29, 0.717) is 16.8 Å². The van der Waals surface area contributed by atoms with Crippen molar-refractivity contribution in [3.63, 3.8) is 0 Å². The van der Waals surface area contributed by atoms with Crippen molar-refractivity contribution < 1.29 is 13.6 Å². The summed E-state index contributed by atoms with van der Waals surface area (Å²) in [6.07, 6.45) is 1.69. The molecule has 0 saturated heterocycles. The van der Waals surface area contributed by atoms with E-state index in [9.17, 15) is 13.6 Å². The molecule has 1 unspecified atom stereocenters. The van der Waals surface area contributed by atoms with Gasteiger partial charge in [0.2, 0.25) is 0 Å². The molecule has 0 saturated carbocycles. The predicted molar refractivity (Wildman–Crippen MR) is 103 cm³/mol. The van der Waals surface area contributed by atoms with Crippen LogP contribution >= 0.6 is 0 Å². The zero-order valence-corrected chi connectivity index (χ0v) is 15.4. The molecule has 0 aliphatic carbocycles. The van der Waals surface area contributed by atoms with Gasteiger partial charge in [0, 0.05) is 23.0 Å². The lowest BCUT2D eigenvalue weighted by atomic mass is 10.1. The third-order valence-corrected chi connectivity index (χ3v) is 4.91. The molecule has 1 heterocycles. The van der Waals surface area contributed by atoms with E-state index in [0.717, 1.165) is 30.7 Å². The topological polar surface area (TPSA) is 48.0 Å². The lowest BCUT2D eigenvalue weighted by Gasteiger charge is -2.20. The van der Waals surface area contributed by atoms with E-state index in [1.165, 1.54) is 11.6 Å². The van der Waals surface area contributed by atoms with Gasteiger partial charge in [0.25, 0.3) is 5.91 Å². The molecule has 2 N–H and O–H groups in total. The van der Waals surface area contributed by atoms with Gasteiger partial charge < -0.3 is 10.3 Å². The molecule has 1 atom stereocenters. The number of hydrogen-bond acceptors (Lipinski definition) is 1. The fourth-order valence-electron chi connectivity index (χ4n) is 3.47. The predicted octanol–water partition coefficient (Wildman–Crippen LogP) is 5.03. The molecule has 5 heteroatoms. The van der Waals surface area contributed by atoms with Crippen molar-refractivity contribution in [2.24, 2.45) is 5.73 Å². The van der Waals surface area contributed by atoms with Crippen LogP contribution in [0.1, 0.15) is 41.0 Å². The van der Waals surface area contributed by atoms with Gasteiger partial charge in [-0.3, -0.25) is 4.79 Å². The van der Waals surface area contributed by atoms with Crippen LogP contribution in [0, 0.1) is 18.6 Å². The highest BCUT2D eigenvalue weighted by Gasteiger charge is 2.21. The summed E-state index contributed by atoms with van der Waals surface area (Å²) in [4.78, 5) is 11.8. The first-order valence-corrected chi connectivity index (χ1v) is 8.89. The lowest BCUT2D eigenvalue weighted by molar-refractivity contribution is 0.0999. The Morgan fingerprint density at radius 3 is 2.41 bits per heavy atom. The summed E-state index contributed by atoms with van der Waals surface area (Å²) >= 11 is 0. The number of carbonyl (C=O) groups excluding carboxylic acids is 1. The van der Waals surface area contributed by atoms with Crippen molar-refractivity contribution >= 4 is 5.91 Å². The molecular weight excluding hydrogens is 346 g/mol. The molecule has 1 aromatic heterocycles. The van der Waals surface area contributed by atoms with Crippen molar-refractivity contribution in [3.8, 4) is 11.3 Å². The van der Waals surface area contributed by atoms with E-state index in [1.807, 2.05) is 36.6 Å². The maximum absolute atomic E-state index is 13.8. The molecule has 0 radical (unpaired) electrons. The van der Waals surface area contributed by atoms with E-state index < -0.39 is 17.5 Å². The summed E-state index contributed by atoms with van der Waals surface area (Å²) in [5.74, 6) is -2.36. The third-order valence-electron chi connectivity index (χ3n) is 4.91. The van der Waals surface area contributed by atoms with Crippen LogP contribution in [0.15, 0.2) is 54.6 Å². The van der Waals surface area contributed by atoms with E-state index in [-0.39, 0.29) is 6.04 Å². The van der Waals surface area contributed by atoms with Crippen molar-refractivity contribution in [1.82, 2.24) is 4.57 Å². The standard InChI is InChI=1S/C22H22F2N2O/c1-14(8-9-16-6-4-3-5-7-16)26-15(2)18(22(25)27)13-21(26)17-10-11-19(23)20(24)12-17/h3-7,10-14H,8-9H2,1-2H3,(H2,25,27). The average Bonchev–Trinajstić information content (AvgIpc) is 3.00. The van der Waals surface area contributed by atoms with Gasteiger partial charge in [0.05, 0.1) is 5.56 Å². The molecule has 1 amide bonds. The van der Waals surface area contributed by atoms with Crippen molar-refractivity contribution in [2.45, 2.75) is 32.7 Å². The van der Waals surface area contributed by atoms with Gasteiger partial charge in [0.1, 0.15) is 0 Å². The zero-order valence-electron chi connectivity index (χ0n) is 15.4. The van der Waals surface area contributed by atoms with Crippen LogP contribution in [0.3, 0.4) is 0 Å². The Balaban J connectivity index is 1.99. The summed E-state index contributed by atoms with van der Waals surface area (Å²) in [5.41, 5.74) is 9.01. The number of nitrogens with two attached hydrogens (primary N) is 1. The summed E-state index contributed by atoms with van der Waals surface area (Å²) in [6.45, 7) is 3.87. The van der Waals surface area contributed by atoms with Crippen LogP contribution in [-0.4, -0.2) is 10.5 Å². The highest BCUT2D eigenvalue weighted by molar-refractivity contribution is 5.95. The summed E-state index contributed by atoms with van der Waals surface area (Å²) in [5, 5.41) is 0. The minimum atomic E-state index is -0.921. The largest absolute Gasteiger partial charge is 0.366 e. The van der Waals surface area contributed by atoms with E-state index in [4.69, 9.17) is 5.73 Å². The number of hydrogen-bond donors (Lipinski definition) is 1. The SMILES string of the molecule is Cc1c(C(N)=O)cc(-c2ccc(F)c(F)c2)n1C(C)CCc1ccccc1. The Morgan fingerprint density at radius 2 is 1.78 bits per heavy atom. The summed E-state index contributed by atoms with van der Waals surface area (Å²) in [6, 6.07) is 15.6. The number of primary amides is 1. The maximum atomic E-state index is 13.8. The van der Waals surface area contributed by atoms with Crippen LogP contribution in [0.25, 0.3) is 11.3 Å². The Hall–Kier alpha value is -2.95. The van der Waals surface area contributed by atoms with Crippen molar-refractivity contribution in [2.75, 3.05) is 0 Å². The monoisotopic (exact) mass is 368 g/mol. The fraction of sp³-hybridized carbons (Fsp3) is 0.227. The molecule has 0 spiro atoms. The van der Waals surface area contributed by atoms with Crippen molar-refractivity contribution in [1.29, 1.82) is 0 Å². The minimum Gasteiger partial charge on any atom is -0.366 e. The molecule has 0 aliphatic heterocycles. The Morgan fingerprint density at radius 1 is 1.07 bits per heavy atom. The van der Waals surface area contributed by atoms with Gasteiger partial charge >= 0.3 is 0 Å². The van der Waals surface area contributed by atoms with Crippen LogP contribution in [-0.2, 0) is 6.42 Å². The first-order valence-electron chi connectivity index (χ1n) is 8.89. The first-order chi connectivity index (χ1) is 12.9. The molecule has 27 heavy (non-hydrogen) atoms. The lowest BCUT2D eigenvalue weighted by Crippen LogP contribution is -2.14. The van der Waals surface area contributed by atoms with Crippen LogP contribution in [0.5, 0.6) is 0 Å². The number of halogens is 2. The molecule has 3 nitrogen and oxygen atoms in total. The number of rotatable bonds is 6. The van der Waals surface area contributed by atoms with Gasteiger partial charge in [-0.1, -0.05) is 30.3 Å². The number of carbonyl (C=O) groups is 1. The van der Waals surface area contributed by atoms with Crippen molar-refractivity contribution in [3.05, 3.63) is 83.1 Å². The fourth-order valence-corrected chi connectivity index (χ4v) is 3.47. The molecule has 0 bridgehead atoms. The number of aryl methyl sites for hydroxylation is 1. The van der Waals surface area contributed by atoms with Crippen LogP contribution in [0.2, 0.25) is 0 Å².